The van der Waals surface area contributed by atoms with Crippen LogP contribution >= 0.6 is 15.9 Å². The predicted octanol–water partition coefficient (Wildman–Crippen LogP) is 3.39. The van der Waals surface area contributed by atoms with Crippen LogP contribution in [0, 0.1) is 0 Å². The van der Waals surface area contributed by atoms with Crippen LogP contribution in [-0.4, -0.2) is 5.78 Å². The molecule has 1 fully saturated rings. The van der Waals surface area contributed by atoms with Crippen molar-refractivity contribution in [3.8, 4) is 0 Å². The molecule has 2 aliphatic carbocycles. The lowest BCUT2D eigenvalue weighted by Crippen LogP contribution is -2.45. The molecule has 1 aromatic rings. The Hall–Kier alpha value is -0.630. The van der Waals surface area contributed by atoms with E-state index < -0.39 is 0 Å². The second-order valence-corrected chi connectivity index (χ2v) is 5.48. The predicted molar refractivity (Wildman–Crippen MR) is 63.0 cm³/mol. The van der Waals surface area contributed by atoms with Gasteiger partial charge in [-0.25, -0.2) is 0 Å². The molecule has 1 spiro atoms. The smallest absolute Gasteiger partial charge is 0.143 e. The number of fused-ring (bicyclic) bond motifs is 2. The molecule has 0 amide bonds. The number of halogens is 1. The SMILES string of the molecule is O=C1CCc2c(Br)cccc2C12CCC2. The van der Waals surface area contributed by atoms with Gasteiger partial charge in [0.05, 0.1) is 5.41 Å². The number of hydrogen-bond donors (Lipinski definition) is 0. The van der Waals surface area contributed by atoms with Gasteiger partial charge in [0.25, 0.3) is 0 Å². The first-order valence-corrected chi connectivity index (χ1v) is 6.34. The summed E-state index contributed by atoms with van der Waals surface area (Å²) in [5.74, 6) is 0.472. The highest BCUT2D eigenvalue weighted by Crippen LogP contribution is 2.50. The maximum atomic E-state index is 12.1. The van der Waals surface area contributed by atoms with E-state index in [0.29, 0.717) is 5.78 Å². The van der Waals surface area contributed by atoms with E-state index in [1.807, 2.05) is 0 Å². The van der Waals surface area contributed by atoms with E-state index in [1.165, 1.54) is 22.0 Å². The Labute approximate surface area is 98.0 Å². The fourth-order valence-electron chi connectivity index (χ4n) is 2.97. The maximum Gasteiger partial charge on any atom is 0.143 e. The Kier molecular flexibility index (Phi) is 2.03. The molecule has 0 unspecified atom stereocenters. The summed E-state index contributed by atoms with van der Waals surface area (Å²) in [5.41, 5.74) is 2.59. The number of carbonyl (C=O) groups excluding carboxylic acids is 1. The molecular weight excluding hydrogens is 252 g/mol. The van der Waals surface area contributed by atoms with Crippen molar-refractivity contribution in [3.63, 3.8) is 0 Å². The van der Waals surface area contributed by atoms with Gasteiger partial charge < -0.3 is 0 Å². The molecule has 1 nitrogen and oxygen atoms in total. The molecule has 0 N–H and O–H groups in total. The number of benzene rings is 1. The van der Waals surface area contributed by atoms with Crippen molar-refractivity contribution in [3.05, 3.63) is 33.8 Å². The second-order valence-electron chi connectivity index (χ2n) is 4.62. The first-order valence-electron chi connectivity index (χ1n) is 5.55. The van der Waals surface area contributed by atoms with Crippen LogP contribution < -0.4 is 0 Å². The molecule has 0 aliphatic heterocycles. The van der Waals surface area contributed by atoms with Crippen molar-refractivity contribution < 1.29 is 4.79 Å². The highest BCUT2D eigenvalue weighted by atomic mass is 79.9. The fraction of sp³-hybridized carbons (Fsp3) is 0.462. The van der Waals surface area contributed by atoms with Gasteiger partial charge in [0, 0.05) is 10.9 Å². The monoisotopic (exact) mass is 264 g/mol. The molecule has 0 radical (unpaired) electrons. The molecule has 3 rings (SSSR count). The largest absolute Gasteiger partial charge is 0.299 e. The molecule has 0 atom stereocenters. The number of rotatable bonds is 0. The zero-order valence-electron chi connectivity index (χ0n) is 8.55. The van der Waals surface area contributed by atoms with Crippen LogP contribution in [-0.2, 0) is 16.6 Å². The standard InChI is InChI=1S/C13H13BrO/c14-11-4-1-3-10-9(11)5-6-12(15)13(10)7-2-8-13/h1,3-4H,2,5-8H2. The topological polar surface area (TPSA) is 17.1 Å². The van der Waals surface area contributed by atoms with Crippen molar-refractivity contribution in [2.75, 3.05) is 0 Å². The van der Waals surface area contributed by atoms with Gasteiger partial charge in [0.2, 0.25) is 0 Å². The first-order chi connectivity index (χ1) is 7.24. The summed E-state index contributed by atoms with van der Waals surface area (Å²) in [7, 11) is 0. The second kappa shape index (κ2) is 3.18. The van der Waals surface area contributed by atoms with E-state index in [0.717, 1.165) is 25.7 Å². The average Bonchev–Trinajstić information content (AvgIpc) is 2.15. The molecule has 1 saturated carbocycles. The minimum Gasteiger partial charge on any atom is -0.299 e. The van der Waals surface area contributed by atoms with E-state index in [-0.39, 0.29) is 5.41 Å². The molecule has 0 bridgehead atoms. The summed E-state index contributed by atoms with van der Waals surface area (Å²) < 4.78 is 1.18. The summed E-state index contributed by atoms with van der Waals surface area (Å²) in [4.78, 5) is 12.1. The summed E-state index contributed by atoms with van der Waals surface area (Å²) in [6, 6.07) is 6.29. The van der Waals surface area contributed by atoms with Gasteiger partial charge in [-0.15, -0.1) is 0 Å². The van der Waals surface area contributed by atoms with E-state index in [9.17, 15) is 4.79 Å². The first kappa shape index (κ1) is 9.59. The van der Waals surface area contributed by atoms with Crippen molar-refractivity contribution in [2.24, 2.45) is 0 Å². The third-order valence-electron chi connectivity index (χ3n) is 3.98. The van der Waals surface area contributed by atoms with Crippen LogP contribution in [0.5, 0.6) is 0 Å². The van der Waals surface area contributed by atoms with Crippen LogP contribution in [0.25, 0.3) is 0 Å². The van der Waals surface area contributed by atoms with Gasteiger partial charge in [0.1, 0.15) is 5.78 Å². The molecule has 0 aromatic heterocycles. The van der Waals surface area contributed by atoms with Crippen LogP contribution in [0.4, 0.5) is 0 Å². The van der Waals surface area contributed by atoms with E-state index in [1.54, 1.807) is 0 Å². The number of hydrogen-bond acceptors (Lipinski definition) is 1. The van der Waals surface area contributed by atoms with Gasteiger partial charge in [-0.1, -0.05) is 34.5 Å². The van der Waals surface area contributed by atoms with E-state index in [2.05, 4.69) is 34.1 Å². The zero-order valence-corrected chi connectivity index (χ0v) is 10.1. The van der Waals surface area contributed by atoms with Crippen LogP contribution in [0.2, 0.25) is 0 Å². The summed E-state index contributed by atoms with van der Waals surface area (Å²) in [6.07, 6.45) is 4.98. The summed E-state index contributed by atoms with van der Waals surface area (Å²) in [6.45, 7) is 0. The quantitative estimate of drug-likeness (QED) is 0.702. The van der Waals surface area contributed by atoms with Crippen molar-refractivity contribution in [1.29, 1.82) is 0 Å². The molecular formula is C13H13BrO. The fourth-order valence-corrected chi connectivity index (χ4v) is 3.53. The normalized spacial score (nSPS) is 22.3. The Morgan fingerprint density at radius 3 is 2.67 bits per heavy atom. The number of ketones is 1. The Bertz CT molecular complexity index is 432. The molecule has 15 heavy (non-hydrogen) atoms. The molecule has 2 aliphatic rings. The maximum absolute atomic E-state index is 12.1. The minimum atomic E-state index is -0.0859. The molecule has 2 heteroatoms. The molecule has 78 valence electrons. The van der Waals surface area contributed by atoms with Gasteiger partial charge in [-0.3, -0.25) is 4.79 Å². The van der Waals surface area contributed by atoms with Crippen LogP contribution in [0.3, 0.4) is 0 Å². The van der Waals surface area contributed by atoms with E-state index in [4.69, 9.17) is 0 Å². The number of carbonyl (C=O) groups is 1. The van der Waals surface area contributed by atoms with Crippen molar-refractivity contribution in [2.45, 2.75) is 37.5 Å². The van der Waals surface area contributed by atoms with E-state index >= 15 is 0 Å². The third-order valence-corrected chi connectivity index (χ3v) is 4.72. The van der Waals surface area contributed by atoms with Gasteiger partial charge in [-0.2, -0.15) is 0 Å². The average molecular weight is 265 g/mol. The highest BCUT2D eigenvalue weighted by Gasteiger charge is 2.48. The lowest BCUT2D eigenvalue weighted by Gasteiger charge is -2.44. The summed E-state index contributed by atoms with van der Waals surface area (Å²) >= 11 is 3.60. The number of Topliss-reactive ketones (excluding diaryl/α,β-unsaturated/α-hetero) is 1. The Balaban J connectivity index is 2.20. The molecule has 0 saturated heterocycles. The molecule has 1 aromatic carbocycles. The summed E-state index contributed by atoms with van der Waals surface area (Å²) in [5, 5.41) is 0. The van der Waals surface area contributed by atoms with Gasteiger partial charge >= 0.3 is 0 Å². The lowest BCUT2D eigenvalue weighted by atomic mass is 9.57. The Morgan fingerprint density at radius 1 is 1.20 bits per heavy atom. The van der Waals surface area contributed by atoms with Crippen LogP contribution in [0.1, 0.15) is 36.8 Å². The zero-order chi connectivity index (χ0) is 10.5. The van der Waals surface area contributed by atoms with Gasteiger partial charge in [0.15, 0.2) is 0 Å². The molecule has 0 heterocycles. The highest BCUT2D eigenvalue weighted by molar-refractivity contribution is 9.10. The van der Waals surface area contributed by atoms with Crippen molar-refractivity contribution in [1.82, 2.24) is 0 Å². The third kappa shape index (κ3) is 1.17. The van der Waals surface area contributed by atoms with Gasteiger partial charge in [-0.05, 0) is 36.5 Å². The van der Waals surface area contributed by atoms with Crippen molar-refractivity contribution >= 4 is 21.7 Å². The van der Waals surface area contributed by atoms with Crippen LogP contribution in [0.15, 0.2) is 22.7 Å². The lowest BCUT2D eigenvalue weighted by molar-refractivity contribution is -0.128. The minimum absolute atomic E-state index is 0.0859. The Morgan fingerprint density at radius 2 is 2.00 bits per heavy atom.